The molecule has 1 N–H and O–H groups in total. The van der Waals surface area contributed by atoms with Crippen LogP contribution in [0.4, 0.5) is 13.2 Å². The third-order valence-corrected chi connectivity index (χ3v) is 4.12. The summed E-state index contributed by atoms with van der Waals surface area (Å²) in [6, 6.07) is 2.55. The topological polar surface area (TPSA) is 41.6 Å². The van der Waals surface area contributed by atoms with Crippen molar-refractivity contribution in [2.24, 2.45) is 5.92 Å². The van der Waals surface area contributed by atoms with Crippen LogP contribution in [0, 0.1) is 17.6 Å². The summed E-state index contributed by atoms with van der Waals surface area (Å²) in [5, 5.41) is 3.98. The largest absolute Gasteiger partial charge is 0.314 e. The minimum atomic E-state index is -1.28. The molecule has 2 aliphatic rings. The molecule has 2 saturated heterocycles. The Bertz CT molecular complexity index is 549. The zero-order chi connectivity index (χ0) is 15.7. The standard InChI is InChI=1S/C15H17F3N2O2/c16-10-5-9(6-11(17)7-10)14-2-4-22-20(14)15(21)12-1-3-19-8-13(12)18/h5-7,12-14,19H,1-4,8H2/t12?,13-,14+/m1/s1. The van der Waals surface area contributed by atoms with Crippen molar-refractivity contribution in [3.05, 3.63) is 35.4 Å². The fourth-order valence-corrected chi connectivity index (χ4v) is 3.02. The van der Waals surface area contributed by atoms with Gasteiger partial charge in [0.25, 0.3) is 5.91 Å². The summed E-state index contributed by atoms with van der Waals surface area (Å²) < 4.78 is 40.7. The van der Waals surface area contributed by atoms with Gasteiger partial charge in [0.05, 0.1) is 18.6 Å². The molecule has 3 atom stereocenters. The molecule has 4 nitrogen and oxygen atoms in total. The Morgan fingerprint density at radius 3 is 2.64 bits per heavy atom. The Balaban J connectivity index is 1.81. The number of rotatable bonds is 2. The highest BCUT2D eigenvalue weighted by molar-refractivity contribution is 5.79. The fourth-order valence-electron chi connectivity index (χ4n) is 3.02. The predicted molar refractivity (Wildman–Crippen MR) is 72.4 cm³/mol. The van der Waals surface area contributed by atoms with Crippen molar-refractivity contribution in [1.29, 1.82) is 0 Å². The van der Waals surface area contributed by atoms with Gasteiger partial charge < -0.3 is 5.32 Å². The van der Waals surface area contributed by atoms with E-state index in [4.69, 9.17) is 4.84 Å². The Morgan fingerprint density at radius 2 is 1.95 bits per heavy atom. The molecule has 1 amide bonds. The highest BCUT2D eigenvalue weighted by atomic mass is 19.1. The molecule has 0 spiro atoms. The fraction of sp³-hybridized carbons (Fsp3) is 0.533. The van der Waals surface area contributed by atoms with Crippen LogP contribution >= 0.6 is 0 Å². The van der Waals surface area contributed by atoms with Crippen LogP contribution in [-0.2, 0) is 9.63 Å². The highest BCUT2D eigenvalue weighted by Gasteiger charge is 2.40. The minimum Gasteiger partial charge on any atom is -0.314 e. The number of hydrogen-bond acceptors (Lipinski definition) is 3. The van der Waals surface area contributed by atoms with Crippen LogP contribution in [-0.4, -0.2) is 36.8 Å². The molecule has 0 aliphatic carbocycles. The number of halogens is 3. The average molecular weight is 314 g/mol. The monoisotopic (exact) mass is 314 g/mol. The smallest absolute Gasteiger partial charge is 0.252 e. The lowest BCUT2D eigenvalue weighted by Gasteiger charge is -2.31. The molecule has 3 rings (SSSR count). The van der Waals surface area contributed by atoms with Crippen LogP contribution in [0.5, 0.6) is 0 Å². The summed E-state index contributed by atoms with van der Waals surface area (Å²) in [5.74, 6) is -2.65. The Hall–Kier alpha value is -1.60. The van der Waals surface area contributed by atoms with Crippen molar-refractivity contribution in [2.45, 2.75) is 25.1 Å². The lowest BCUT2D eigenvalue weighted by Crippen LogP contribution is -2.46. The van der Waals surface area contributed by atoms with Gasteiger partial charge in [-0.1, -0.05) is 0 Å². The van der Waals surface area contributed by atoms with Gasteiger partial charge in [0.1, 0.15) is 17.8 Å². The molecule has 2 heterocycles. The summed E-state index contributed by atoms with van der Waals surface area (Å²) in [5.41, 5.74) is 0.327. The van der Waals surface area contributed by atoms with Gasteiger partial charge in [0.15, 0.2) is 0 Å². The number of carbonyl (C=O) groups is 1. The normalized spacial score (nSPS) is 28.9. The second kappa shape index (κ2) is 6.26. The average Bonchev–Trinajstić information content (AvgIpc) is 2.95. The molecule has 0 bridgehead atoms. The summed E-state index contributed by atoms with van der Waals surface area (Å²) >= 11 is 0. The number of benzene rings is 1. The van der Waals surface area contributed by atoms with Crippen LogP contribution in [0.1, 0.15) is 24.4 Å². The zero-order valence-corrected chi connectivity index (χ0v) is 11.9. The molecule has 120 valence electrons. The van der Waals surface area contributed by atoms with Gasteiger partial charge in [-0.3, -0.25) is 9.63 Å². The first kappa shape index (κ1) is 15.3. The molecule has 1 unspecified atom stereocenters. The van der Waals surface area contributed by atoms with E-state index in [0.29, 0.717) is 24.9 Å². The highest BCUT2D eigenvalue weighted by Crippen LogP contribution is 2.34. The molecule has 1 aromatic rings. The van der Waals surface area contributed by atoms with E-state index >= 15 is 0 Å². The van der Waals surface area contributed by atoms with E-state index in [1.54, 1.807) is 0 Å². The molecule has 22 heavy (non-hydrogen) atoms. The quantitative estimate of drug-likeness (QED) is 0.909. The second-order valence-electron chi connectivity index (χ2n) is 5.62. The van der Waals surface area contributed by atoms with Crippen LogP contribution < -0.4 is 5.32 Å². The first-order valence-electron chi connectivity index (χ1n) is 7.33. The second-order valence-corrected chi connectivity index (χ2v) is 5.62. The Labute approximate surface area is 126 Å². The Morgan fingerprint density at radius 1 is 1.23 bits per heavy atom. The molecule has 2 fully saturated rings. The predicted octanol–water partition coefficient (Wildman–Crippen LogP) is 2.12. The third-order valence-electron chi connectivity index (χ3n) is 4.12. The Kier molecular flexibility index (Phi) is 4.35. The third kappa shape index (κ3) is 2.96. The van der Waals surface area contributed by atoms with E-state index in [9.17, 15) is 18.0 Å². The van der Waals surface area contributed by atoms with Crippen LogP contribution in [0.15, 0.2) is 18.2 Å². The summed E-state index contributed by atoms with van der Waals surface area (Å²) in [6.07, 6.45) is -0.476. The molecule has 0 aromatic heterocycles. The summed E-state index contributed by atoms with van der Waals surface area (Å²) in [6.45, 7) is 0.948. The maximum Gasteiger partial charge on any atom is 0.252 e. The van der Waals surface area contributed by atoms with Crippen LogP contribution in [0.25, 0.3) is 0 Å². The number of hydrogen-bond donors (Lipinski definition) is 1. The maximum absolute atomic E-state index is 13.9. The summed E-state index contributed by atoms with van der Waals surface area (Å²) in [7, 11) is 0. The molecule has 2 aliphatic heterocycles. The van der Waals surface area contributed by atoms with E-state index < -0.39 is 35.7 Å². The molecular formula is C15H17F3N2O2. The molecular weight excluding hydrogens is 297 g/mol. The van der Waals surface area contributed by atoms with Gasteiger partial charge in [-0.15, -0.1) is 0 Å². The van der Waals surface area contributed by atoms with E-state index in [-0.39, 0.29) is 13.2 Å². The van der Waals surface area contributed by atoms with Crippen molar-refractivity contribution >= 4 is 5.91 Å². The number of hydroxylamine groups is 2. The van der Waals surface area contributed by atoms with E-state index in [2.05, 4.69) is 5.32 Å². The molecule has 7 heteroatoms. The van der Waals surface area contributed by atoms with Crippen LogP contribution in [0.3, 0.4) is 0 Å². The van der Waals surface area contributed by atoms with Crippen molar-refractivity contribution in [3.8, 4) is 0 Å². The van der Waals surface area contributed by atoms with E-state index in [0.717, 1.165) is 11.1 Å². The van der Waals surface area contributed by atoms with Gasteiger partial charge in [0, 0.05) is 19.0 Å². The SMILES string of the molecule is O=C(C1CCNC[C@H]1F)N1OCC[C@H]1c1cc(F)cc(F)c1. The van der Waals surface area contributed by atoms with Gasteiger partial charge in [-0.25, -0.2) is 18.2 Å². The van der Waals surface area contributed by atoms with E-state index in [1.165, 1.54) is 12.1 Å². The van der Waals surface area contributed by atoms with Crippen molar-refractivity contribution in [1.82, 2.24) is 10.4 Å². The molecule has 0 saturated carbocycles. The van der Waals surface area contributed by atoms with Gasteiger partial charge in [-0.2, -0.15) is 0 Å². The molecule has 0 radical (unpaired) electrons. The molecule has 1 aromatic carbocycles. The van der Waals surface area contributed by atoms with Gasteiger partial charge in [-0.05, 0) is 30.7 Å². The number of nitrogens with zero attached hydrogens (tertiary/aromatic N) is 1. The van der Waals surface area contributed by atoms with Crippen molar-refractivity contribution in [2.75, 3.05) is 19.7 Å². The maximum atomic E-state index is 13.9. The van der Waals surface area contributed by atoms with Gasteiger partial charge in [0.2, 0.25) is 0 Å². The minimum absolute atomic E-state index is 0.128. The number of amides is 1. The van der Waals surface area contributed by atoms with Crippen molar-refractivity contribution in [3.63, 3.8) is 0 Å². The number of alkyl halides is 1. The lowest BCUT2D eigenvalue weighted by atomic mass is 9.94. The first-order chi connectivity index (χ1) is 10.6. The summed E-state index contributed by atoms with van der Waals surface area (Å²) in [4.78, 5) is 17.8. The van der Waals surface area contributed by atoms with E-state index in [1.807, 2.05) is 0 Å². The van der Waals surface area contributed by atoms with Gasteiger partial charge >= 0.3 is 0 Å². The zero-order valence-electron chi connectivity index (χ0n) is 11.9. The number of piperidine rings is 1. The van der Waals surface area contributed by atoms with Crippen molar-refractivity contribution < 1.29 is 22.8 Å². The number of nitrogens with one attached hydrogen (secondary N) is 1. The van der Waals surface area contributed by atoms with Crippen LogP contribution in [0.2, 0.25) is 0 Å². The lowest BCUT2D eigenvalue weighted by molar-refractivity contribution is -0.184. The number of carbonyl (C=O) groups excluding carboxylic acids is 1. The first-order valence-corrected chi connectivity index (χ1v) is 7.33.